The van der Waals surface area contributed by atoms with Crippen molar-refractivity contribution in [3.8, 4) is 0 Å². The molecule has 1 unspecified atom stereocenters. The number of halogens is 1. The van der Waals surface area contributed by atoms with Crippen molar-refractivity contribution in [2.75, 3.05) is 0 Å². The van der Waals surface area contributed by atoms with Gasteiger partial charge in [-0.1, -0.05) is 34.1 Å². The minimum absolute atomic E-state index is 0.439. The number of nitrogens with one attached hydrogen (secondary N) is 1. The predicted molar refractivity (Wildman–Crippen MR) is 61.7 cm³/mol. The van der Waals surface area contributed by atoms with Gasteiger partial charge in [0.1, 0.15) is 0 Å². The number of benzene rings is 1. The molecule has 1 aromatic rings. The largest absolute Gasteiger partial charge is 0.271 e. The van der Waals surface area contributed by atoms with E-state index in [1.54, 1.807) is 0 Å². The summed E-state index contributed by atoms with van der Waals surface area (Å²) >= 11 is 3.55. The number of hydrazine groups is 1. The molecule has 0 saturated heterocycles. The maximum Gasteiger partial charge on any atom is 0.0279 e. The second kappa shape index (κ2) is 4.43. The first kappa shape index (κ1) is 10.1. The SMILES string of the molecule is NNC(Cc1ccccc1Br)C1CC1. The lowest BCUT2D eigenvalue weighted by Gasteiger charge is -2.15. The van der Waals surface area contributed by atoms with Gasteiger partial charge >= 0.3 is 0 Å². The Bertz CT molecular complexity index is 310. The molecule has 0 amide bonds. The Morgan fingerprint density at radius 3 is 2.71 bits per heavy atom. The molecule has 14 heavy (non-hydrogen) atoms. The van der Waals surface area contributed by atoms with E-state index in [1.807, 2.05) is 6.07 Å². The first-order chi connectivity index (χ1) is 6.81. The van der Waals surface area contributed by atoms with E-state index in [1.165, 1.54) is 22.9 Å². The molecule has 2 nitrogen and oxygen atoms in total. The fraction of sp³-hybridized carbons (Fsp3) is 0.455. The Balaban J connectivity index is 2.04. The summed E-state index contributed by atoms with van der Waals surface area (Å²) in [5.74, 6) is 6.33. The van der Waals surface area contributed by atoms with Gasteiger partial charge in [-0.15, -0.1) is 0 Å². The Labute approximate surface area is 93.0 Å². The van der Waals surface area contributed by atoms with Crippen LogP contribution in [0, 0.1) is 5.92 Å². The van der Waals surface area contributed by atoms with Crippen molar-refractivity contribution >= 4 is 15.9 Å². The van der Waals surface area contributed by atoms with Crippen LogP contribution < -0.4 is 11.3 Å². The van der Waals surface area contributed by atoms with Crippen molar-refractivity contribution in [3.63, 3.8) is 0 Å². The van der Waals surface area contributed by atoms with Gasteiger partial charge in [0, 0.05) is 10.5 Å². The van der Waals surface area contributed by atoms with E-state index in [0.29, 0.717) is 6.04 Å². The maximum atomic E-state index is 5.55. The van der Waals surface area contributed by atoms with Crippen LogP contribution in [0.15, 0.2) is 28.7 Å². The summed E-state index contributed by atoms with van der Waals surface area (Å²) < 4.78 is 1.18. The molecule has 0 heterocycles. The fourth-order valence-corrected chi connectivity index (χ4v) is 2.21. The lowest BCUT2D eigenvalue weighted by atomic mass is 10.0. The minimum Gasteiger partial charge on any atom is -0.271 e. The zero-order valence-corrected chi connectivity index (χ0v) is 9.63. The molecule has 76 valence electrons. The monoisotopic (exact) mass is 254 g/mol. The number of rotatable bonds is 4. The van der Waals surface area contributed by atoms with Crippen LogP contribution in [0.1, 0.15) is 18.4 Å². The predicted octanol–water partition coefficient (Wildman–Crippen LogP) is 2.23. The van der Waals surface area contributed by atoms with E-state index < -0.39 is 0 Å². The average molecular weight is 255 g/mol. The van der Waals surface area contributed by atoms with Crippen LogP contribution in [0.25, 0.3) is 0 Å². The third kappa shape index (κ3) is 2.35. The molecule has 2 rings (SSSR count). The smallest absolute Gasteiger partial charge is 0.0279 e. The van der Waals surface area contributed by atoms with Crippen molar-refractivity contribution in [2.24, 2.45) is 11.8 Å². The molecule has 1 fully saturated rings. The number of hydrogen-bond acceptors (Lipinski definition) is 2. The van der Waals surface area contributed by atoms with Crippen molar-refractivity contribution < 1.29 is 0 Å². The summed E-state index contributed by atoms with van der Waals surface area (Å²) in [4.78, 5) is 0. The molecule has 0 aliphatic heterocycles. The van der Waals surface area contributed by atoms with Crippen LogP contribution in [0.3, 0.4) is 0 Å². The van der Waals surface area contributed by atoms with Gasteiger partial charge < -0.3 is 0 Å². The van der Waals surface area contributed by atoms with Gasteiger partial charge in [0.05, 0.1) is 0 Å². The second-order valence-corrected chi connectivity index (χ2v) is 4.76. The third-order valence-corrected chi connectivity index (χ3v) is 3.58. The van der Waals surface area contributed by atoms with Crippen molar-refractivity contribution in [2.45, 2.75) is 25.3 Å². The maximum absolute atomic E-state index is 5.55. The van der Waals surface area contributed by atoms with Crippen molar-refractivity contribution in [1.82, 2.24) is 5.43 Å². The highest BCUT2D eigenvalue weighted by Gasteiger charge is 2.30. The van der Waals surface area contributed by atoms with E-state index in [-0.39, 0.29) is 0 Å². The lowest BCUT2D eigenvalue weighted by molar-refractivity contribution is 0.472. The molecular weight excluding hydrogens is 240 g/mol. The Morgan fingerprint density at radius 2 is 2.14 bits per heavy atom. The number of hydrogen-bond donors (Lipinski definition) is 2. The topological polar surface area (TPSA) is 38.0 Å². The van der Waals surface area contributed by atoms with Crippen LogP contribution in [-0.2, 0) is 6.42 Å². The zero-order chi connectivity index (χ0) is 9.97. The summed E-state index contributed by atoms with van der Waals surface area (Å²) in [7, 11) is 0. The molecule has 0 radical (unpaired) electrons. The van der Waals surface area contributed by atoms with Gasteiger partial charge in [-0.05, 0) is 36.8 Å². The molecule has 1 aliphatic rings. The first-order valence-electron chi connectivity index (χ1n) is 5.01. The van der Waals surface area contributed by atoms with Crippen LogP contribution in [0.2, 0.25) is 0 Å². The molecule has 0 spiro atoms. The van der Waals surface area contributed by atoms with E-state index in [2.05, 4.69) is 39.6 Å². The van der Waals surface area contributed by atoms with Gasteiger partial charge in [0.2, 0.25) is 0 Å². The number of nitrogens with two attached hydrogens (primary N) is 1. The van der Waals surface area contributed by atoms with E-state index in [9.17, 15) is 0 Å². The fourth-order valence-electron chi connectivity index (χ4n) is 1.76. The van der Waals surface area contributed by atoms with Crippen LogP contribution in [0.5, 0.6) is 0 Å². The van der Waals surface area contributed by atoms with Crippen LogP contribution >= 0.6 is 15.9 Å². The summed E-state index contributed by atoms with van der Waals surface area (Å²) in [6.07, 6.45) is 3.65. The van der Waals surface area contributed by atoms with Gasteiger partial charge in [-0.3, -0.25) is 11.3 Å². The highest BCUT2D eigenvalue weighted by Crippen LogP contribution is 2.34. The lowest BCUT2D eigenvalue weighted by Crippen LogP contribution is -2.38. The average Bonchev–Trinajstić information content (AvgIpc) is 3.00. The molecule has 1 saturated carbocycles. The molecule has 3 heteroatoms. The van der Waals surface area contributed by atoms with Crippen molar-refractivity contribution in [3.05, 3.63) is 34.3 Å². The Kier molecular flexibility index (Phi) is 3.21. The van der Waals surface area contributed by atoms with E-state index in [4.69, 9.17) is 5.84 Å². The standard InChI is InChI=1S/C11H15BrN2/c12-10-4-2-1-3-9(10)7-11(14-13)8-5-6-8/h1-4,8,11,14H,5-7,13H2. The van der Waals surface area contributed by atoms with Gasteiger partial charge in [-0.25, -0.2) is 0 Å². The Hall–Kier alpha value is -0.380. The highest BCUT2D eigenvalue weighted by atomic mass is 79.9. The van der Waals surface area contributed by atoms with Gasteiger partial charge in [-0.2, -0.15) is 0 Å². The quantitative estimate of drug-likeness (QED) is 0.639. The molecule has 0 aromatic heterocycles. The summed E-state index contributed by atoms with van der Waals surface area (Å²) in [6, 6.07) is 8.77. The minimum atomic E-state index is 0.439. The van der Waals surface area contributed by atoms with Crippen molar-refractivity contribution in [1.29, 1.82) is 0 Å². The molecule has 1 aromatic carbocycles. The van der Waals surface area contributed by atoms with Gasteiger partial charge in [0.25, 0.3) is 0 Å². The summed E-state index contributed by atoms with van der Waals surface area (Å²) in [5, 5.41) is 0. The molecule has 1 aliphatic carbocycles. The second-order valence-electron chi connectivity index (χ2n) is 3.91. The highest BCUT2D eigenvalue weighted by molar-refractivity contribution is 9.10. The molecule has 0 bridgehead atoms. The summed E-state index contributed by atoms with van der Waals surface area (Å²) in [5.41, 5.74) is 4.25. The zero-order valence-electron chi connectivity index (χ0n) is 8.04. The van der Waals surface area contributed by atoms with Crippen LogP contribution in [-0.4, -0.2) is 6.04 Å². The first-order valence-corrected chi connectivity index (χ1v) is 5.80. The van der Waals surface area contributed by atoms with Crippen LogP contribution in [0.4, 0.5) is 0 Å². The molecular formula is C11H15BrN2. The Morgan fingerprint density at radius 1 is 1.43 bits per heavy atom. The third-order valence-electron chi connectivity index (χ3n) is 2.80. The normalized spacial score (nSPS) is 18.1. The van der Waals surface area contributed by atoms with E-state index >= 15 is 0 Å². The summed E-state index contributed by atoms with van der Waals surface area (Å²) in [6.45, 7) is 0. The van der Waals surface area contributed by atoms with E-state index in [0.717, 1.165) is 12.3 Å². The molecule has 1 atom stereocenters. The van der Waals surface area contributed by atoms with Gasteiger partial charge in [0.15, 0.2) is 0 Å². The molecule has 3 N–H and O–H groups in total.